The van der Waals surface area contributed by atoms with Gasteiger partial charge in [-0.1, -0.05) is 6.42 Å². The van der Waals surface area contributed by atoms with E-state index in [1.165, 1.54) is 74.8 Å². The van der Waals surface area contributed by atoms with Gasteiger partial charge in [0.2, 0.25) is 11.7 Å². The molecule has 0 unspecified atom stereocenters. The second-order valence-corrected chi connectivity index (χ2v) is 27.8. The van der Waals surface area contributed by atoms with Gasteiger partial charge in [-0.25, -0.2) is 33.1 Å². The molecule has 118 heavy (non-hydrogen) atoms. The number of amides is 1. The summed E-state index contributed by atoms with van der Waals surface area (Å²) in [5.74, 6) is 4.27. The van der Waals surface area contributed by atoms with Crippen molar-refractivity contribution in [2.75, 3.05) is 13.2 Å². The summed E-state index contributed by atoms with van der Waals surface area (Å²) in [6.07, 6.45) is 2.91. The molecule has 21 rings (SSSR count). The molecule has 0 radical (unpaired) electrons. The van der Waals surface area contributed by atoms with Gasteiger partial charge in [-0.05, 0) is 252 Å². The molecular weight excluding hydrogens is 1520 g/mol. The molecule has 19 aromatic rings. The Morgan fingerprint density at radius 2 is 0.712 bits per heavy atom. The van der Waals surface area contributed by atoms with Crippen molar-refractivity contribution >= 4 is 60.4 Å². The molecule has 32 heteroatoms. The average Bonchev–Trinajstić information content (AvgIpc) is 1.65. The molecule has 9 heterocycles. The largest absolute Gasteiger partial charge is 0.494 e. The van der Waals surface area contributed by atoms with Crippen LogP contribution >= 0.6 is 0 Å². The van der Waals surface area contributed by atoms with E-state index in [0.717, 1.165) is 134 Å². The van der Waals surface area contributed by atoms with Crippen molar-refractivity contribution in [3.8, 4) is 113 Å². The zero-order valence-electron chi connectivity index (χ0n) is 62.8. The molecule has 2 fully saturated rings. The number of alkyl halides is 3. The standard InChI is InChI=1S/C19H16FN5.C18H14FN5.C17H15N5O.C16H9F4N5.C16H15N3O2/c20-14-7-4-11(5-8-14)17-15-10-13(6-9-16(15)22-23-17)19-21-18(24-25-19)12-2-1-3-12;19-13-6-3-10(4-7-13)16-14-9-12(5-8-15(14)21-22-16)18-20-17(23-24-18)11-1-2-11;1-2-23-13-6-3-11(4-7-13)16-14-9-12(17-18-10-19-22-17)5-8-15(14)20-21-16;17-10-4-1-8(2-5-10)13-11-7-9(3-6-12(11)22-23-13)14-21-15(25-24-14)16(18,19)20;1-2-21-12-6-3-10(4-7-12)15-13-9-11(16(17)20)5-8-14(13)18-19-15/h4-10,12H,1-3H2,(H,22,23)(H,21,24,25);3-9,11H,1-2H2,(H,21,22)(H,20,23,24);3-10H,2H2,1H3,(H,20,21)(H,18,19,22);1-7H,(H,22,23)(H,21,24,25);3-9H,2H2,1H3,(H2,17,20)(H,18,19). The summed E-state index contributed by atoms with van der Waals surface area (Å²) in [4.78, 5) is 28.3. The molecular formula is C86H69F6N23O3. The van der Waals surface area contributed by atoms with Gasteiger partial charge in [-0.3, -0.25) is 50.7 Å². The van der Waals surface area contributed by atoms with E-state index in [-0.39, 0.29) is 23.3 Å². The third-order valence-electron chi connectivity index (χ3n) is 20.0. The summed E-state index contributed by atoms with van der Waals surface area (Å²) >= 11 is 0. The second kappa shape index (κ2) is 32.7. The Morgan fingerprint density at radius 1 is 0.381 bits per heavy atom. The van der Waals surface area contributed by atoms with Crippen LogP contribution in [0.4, 0.5) is 26.3 Å². The van der Waals surface area contributed by atoms with E-state index in [1.54, 1.807) is 72.8 Å². The number of benzene rings is 10. The number of rotatable bonds is 16. The molecule has 11 N–H and O–H groups in total. The highest BCUT2D eigenvalue weighted by Gasteiger charge is 2.36. The molecule has 2 aliphatic carbocycles. The van der Waals surface area contributed by atoms with E-state index < -0.39 is 17.9 Å². The minimum atomic E-state index is -4.59. The molecule has 2 aliphatic rings. The Balaban J connectivity index is 0.000000106. The van der Waals surface area contributed by atoms with E-state index >= 15 is 0 Å². The highest BCUT2D eigenvalue weighted by molar-refractivity contribution is 6.02. The number of ether oxygens (including phenoxy) is 2. The lowest BCUT2D eigenvalue weighted by Gasteiger charge is -2.22. The third kappa shape index (κ3) is 16.3. The number of H-pyrrole nitrogens is 9. The van der Waals surface area contributed by atoms with Crippen LogP contribution in [0.3, 0.4) is 0 Å². The topological polar surface area (TPSA) is 371 Å². The number of nitrogens with two attached hydrogens (primary N) is 1. The second-order valence-electron chi connectivity index (χ2n) is 27.8. The molecule has 0 spiro atoms. The quantitative estimate of drug-likeness (QED) is 0.0402. The summed E-state index contributed by atoms with van der Waals surface area (Å²) in [6.45, 7) is 5.21. The summed E-state index contributed by atoms with van der Waals surface area (Å²) in [5.41, 5.74) is 21.7. The van der Waals surface area contributed by atoms with Crippen LogP contribution in [0.5, 0.6) is 11.5 Å². The lowest BCUT2D eigenvalue weighted by atomic mass is 9.85. The van der Waals surface area contributed by atoms with Gasteiger partial charge in [0.1, 0.15) is 46.9 Å². The summed E-state index contributed by atoms with van der Waals surface area (Å²) in [5, 5.41) is 68.3. The summed E-state index contributed by atoms with van der Waals surface area (Å²) < 4.78 is 88.3. The number of aromatic nitrogens is 22. The van der Waals surface area contributed by atoms with Gasteiger partial charge >= 0.3 is 6.18 Å². The predicted molar refractivity (Wildman–Crippen MR) is 433 cm³/mol. The smallest absolute Gasteiger partial charge is 0.451 e. The molecule has 26 nitrogen and oxygen atoms in total. The molecule has 9 aromatic heterocycles. The number of carbonyl (C=O) groups excluding carboxylic acids is 1. The van der Waals surface area contributed by atoms with Crippen LogP contribution in [0.2, 0.25) is 0 Å². The van der Waals surface area contributed by atoms with Crippen molar-refractivity contribution in [1.82, 2.24) is 112 Å². The average molecular weight is 1590 g/mol. The number of nitrogens with one attached hydrogen (secondary N) is 9. The van der Waals surface area contributed by atoms with Crippen LogP contribution in [-0.2, 0) is 6.18 Å². The number of carbonyl (C=O) groups is 1. The van der Waals surface area contributed by atoms with Crippen LogP contribution in [0.25, 0.3) is 156 Å². The van der Waals surface area contributed by atoms with Gasteiger partial charge in [0.15, 0.2) is 23.3 Å². The molecule has 0 saturated heterocycles. The van der Waals surface area contributed by atoms with Gasteiger partial charge in [-0.2, -0.15) is 59.1 Å². The van der Waals surface area contributed by atoms with Crippen LogP contribution < -0.4 is 15.2 Å². The van der Waals surface area contributed by atoms with Crippen LogP contribution in [0.1, 0.15) is 85.6 Å². The van der Waals surface area contributed by atoms with E-state index in [2.05, 4.69) is 113 Å². The van der Waals surface area contributed by atoms with E-state index in [4.69, 9.17) is 15.2 Å². The number of hydrogen-bond donors (Lipinski definition) is 10. The molecule has 0 aliphatic heterocycles. The van der Waals surface area contributed by atoms with Crippen molar-refractivity contribution < 1.29 is 40.6 Å². The van der Waals surface area contributed by atoms with Crippen molar-refractivity contribution in [3.05, 3.63) is 259 Å². The molecule has 1 amide bonds. The lowest BCUT2D eigenvalue weighted by Crippen LogP contribution is -2.10. The van der Waals surface area contributed by atoms with Gasteiger partial charge in [0, 0.05) is 94.4 Å². The SMILES string of the molecule is CCOc1ccc(-c2n[nH]c3ccc(-c4ncn[nH]4)cc23)cc1.CCOc1ccc(-c2n[nH]c3ccc(C(N)=O)cc23)cc1.Fc1ccc(-c2n[nH]c3ccc(-c4n[nH]c(C(F)(F)F)n4)cc23)cc1.Fc1ccc(-c2n[nH]c3ccc(-c4n[nH]c(C5CC5)n4)cc23)cc1.Fc1ccc(-c2n[nH]c3ccc(-c4n[nH]c(C5CCC5)n4)cc23)cc1. The van der Waals surface area contributed by atoms with Crippen molar-refractivity contribution in [2.45, 2.75) is 64.0 Å². The zero-order valence-corrected chi connectivity index (χ0v) is 62.8. The molecule has 10 aromatic carbocycles. The number of halogens is 6. The maximum absolute atomic E-state index is 13.2. The van der Waals surface area contributed by atoms with Gasteiger partial charge < -0.3 is 15.2 Å². The normalized spacial score (nSPS) is 12.6. The monoisotopic (exact) mass is 1590 g/mol. The predicted octanol–water partition coefficient (Wildman–Crippen LogP) is 18.8. The maximum Gasteiger partial charge on any atom is 0.451 e. The number of aromatic amines is 9. The van der Waals surface area contributed by atoms with Crippen LogP contribution in [0.15, 0.2) is 219 Å². The van der Waals surface area contributed by atoms with Crippen molar-refractivity contribution in [3.63, 3.8) is 0 Å². The van der Waals surface area contributed by atoms with Crippen molar-refractivity contribution in [1.29, 1.82) is 0 Å². The van der Waals surface area contributed by atoms with Crippen LogP contribution in [-0.4, -0.2) is 131 Å². The van der Waals surface area contributed by atoms with E-state index in [9.17, 15) is 31.1 Å². The fourth-order valence-electron chi connectivity index (χ4n) is 13.5. The fraction of sp³-hybridized carbons (Fsp3) is 0.140. The Hall–Kier alpha value is -15.2. The first kappa shape index (κ1) is 75.4. The minimum absolute atomic E-state index is 0.0690. The zero-order chi connectivity index (χ0) is 81.0. The van der Waals surface area contributed by atoms with Gasteiger partial charge in [0.05, 0.1) is 69.3 Å². The number of primary amides is 1. The Bertz CT molecular complexity index is 6720. The summed E-state index contributed by atoms with van der Waals surface area (Å²) in [7, 11) is 0. The molecule has 0 bridgehead atoms. The Morgan fingerprint density at radius 3 is 1.04 bits per heavy atom. The van der Waals surface area contributed by atoms with E-state index in [0.29, 0.717) is 70.0 Å². The first-order valence-electron chi connectivity index (χ1n) is 37.7. The fourth-order valence-corrected chi connectivity index (χ4v) is 13.5. The maximum atomic E-state index is 13.2. The molecule has 0 atom stereocenters. The molecule has 588 valence electrons. The minimum Gasteiger partial charge on any atom is -0.494 e. The van der Waals surface area contributed by atoms with Gasteiger partial charge in [0.25, 0.3) is 0 Å². The molecule has 2 saturated carbocycles. The first-order valence-corrected chi connectivity index (χ1v) is 37.7. The Labute approximate surface area is 665 Å². The van der Waals surface area contributed by atoms with Crippen LogP contribution in [0, 0.1) is 17.5 Å². The number of fused-ring (bicyclic) bond motifs is 5. The number of hydrogen-bond acceptors (Lipinski definition) is 16. The third-order valence-corrected chi connectivity index (χ3v) is 20.0. The Kier molecular flexibility index (Phi) is 20.9. The van der Waals surface area contributed by atoms with E-state index in [1.807, 2.05) is 116 Å². The van der Waals surface area contributed by atoms with Crippen molar-refractivity contribution in [2.24, 2.45) is 5.73 Å². The number of nitrogens with zero attached hydrogens (tertiary/aromatic N) is 13. The van der Waals surface area contributed by atoms with Gasteiger partial charge in [-0.15, -0.1) is 0 Å². The highest BCUT2D eigenvalue weighted by Crippen LogP contribution is 2.41. The first-order chi connectivity index (χ1) is 57.5. The summed E-state index contributed by atoms with van der Waals surface area (Å²) in [6, 6.07) is 62.3. The lowest BCUT2D eigenvalue weighted by molar-refractivity contribution is -0.144. The highest BCUT2D eigenvalue weighted by atomic mass is 19.4.